The highest BCUT2D eigenvalue weighted by Gasteiger charge is 2.25. The molecular formula is C29H35ClO3. The molecule has 33 heavy (non-hydrogen) atoms. The zero-order valence-corrected chi connectivity index (χ0v) is 21.2. The summed E-state index contributed by atoms with van der Waals surface area (Å²) in [5.74, 6) is 5.34. The number of halogens is 1. The zero-order chi connectivity index (χ0) is 25.0. The van der Waals surface area contributed by atoms with E-state index in [1.165, 1.54) is 0 Å². The van der Waals surface area contributed by atoms with Crippen molar-refractivity contribution >= 4 is 11.6 Å². The number of benzene rings is 2. The number of ether oxygens (including phenoxy) is 3. The second-order valence-corrected chi connectivity index (χ2v) is 8.45. The molecule has 0 amide bonds. The molecule has 0 bridgehead atoms. The smallest absolute Gasteiger partial charge is 0.137 e. The summed E-state index contributed by atoms with van der Waals surface area (Å²) in [6.07, 6.45) is 7.42. The van der Waals surface area contributed by atoms with E-state index in [4.69, 9.17) is 32.2 Å². The van der Waals surface area contributed by atoms with Gasteiger partial charge in [-0.2, -0.15) is 0 Å². The van der Waals surface area contributed by atoms with Gasteiger partial charge in [0.1, 0.15) is 24.7 Å². The van der Waals surface area contributed by atoms with Gasteiger partial charge in [-0.3, -0.25) is 0 Å². The lowest BCUT2D eigenvalue weighted by molar-refractivity contribution is 0.322. The summed E-state index contributed by atoms with van der Waals surface area (Å²) in [5, 5.41) is 0. The Labute approximate surface area is 204 Å². The predicted molar refractivity (Wildman–Crippen MR) is 140 cm³/mol. The van der Waals surface area contributed by atoms with Crippen LogP contribution in [0.5, 0.6) is 11.5 Å². The molecule has 0 radical (unpaired) electrons. The van der Waals surface area contributed by atoms with Crippen LogP contribution in [0.2, 0.25) is 0 Å². The van der Waals surface area contributed by atoms with Crippen LogP contribution >= 0.6 is 11.6 Å². The Bertz CT molecular complexity index is 995. The fourth-order valence-corrected chi connectivity index (χ4v) is 3.22. The van der Waals surface area contributed by atoms with Gasteiger partial charge in [0.25, 0.3) is 0 Å². The van der Waals surface area contributed by atoms with Crippen LogP contribution in [0.25, 0.3) is 0 Å². The Morgan fingerprint density at radius 1 is 1.09 bits per heavy atom. The summed E-state index contributed by atoms with van der Waals surface area (Å²) >= 11 is 5.76. The molecule has 4 heteroatoms. The van der Waals surface area contributed by atoms with E-state index in [1.807, 2.05) is 32.0 Å². The van der Waals surface area contributed by atoms with Crippen LogP contribution in [-0.4, -0.2) is 19.1 Å². The van der Waals surface area contributed by atoms with Crippen molar-refractivity contribution in [3.05, 3.63) is 96.0 Å². The van der Waals surface area contributed by atoms with Gasteiger partial charge in [-0.05, 0) is 61.2 Å². The van der Waals surface area contributed by atoms with Gasteiger partial charge in [0.05, 0.1) is 23.5 Å². The quantitative estimate of drug-likeness (QED) is 0.156. The van der Waals surface area contributed by atoms with Gasteiger partial charge in [-0.1, -0.05) is 44.5 Å². The van der Waals surface area contributed by atoms with Crippen LogP contribution in [0.1, 0.15) is 49.9 Å². The number of hydrogen-bond acceptors (Lipinski definition) is 3. The van der Waals surface area contributed by atoms with Crippen molar-refractivity contribution in [3.63, 3.8) is 0 Å². The third-order valence-electron chi connectivity index (χ3n) is 4.98. The van der Waals surface area contributed by atoms with Gasteiger partial charge < -0.3 is 14.2 Å². The van der Waals surface area contributed by atoms with Crippen molar-refractivity contribution in [2.45, 2.75) is 40.0 Å². The SMILES string of the molecule is C#Cc1cc(C(C)(C)c2ccc(OC/C(C)=C/OC(=C)C)cc2)cc(C)c1OCCCl.C=C. The van der Waals surface area contributed by atoms with Crippen molar-refractivity contribution in [2.75, 3.05) is 19.1 Å². The second kappa shape index (κ2) is 13.5. The monoisotopic (exact) mass is 466 g/mol. The molecule has 0 heterocycles. The molecule has 2 rings (SSSR count). The van der Waals surface area contributed by atoms with Gasteiger partial charge in [0.2, 0.25) is 0 Å². The standard InChI is InChI=1S/C27H31ClO3.C2H4/c1-8-22-16-24(15-21(5)26(22)29-14-13-28)27(6,7)23-9-11-25(12-10-23)31-18-20(4)17-30-19(2)3;1-2/h1,9-12,15-17H,2,13-14,18H2,3-7H3;1-2H2/b20-17+;. The highest BCUT2D eigenvalue weighted by atomic mass is 35.5. The summed E-state index contributed by atoms with van der Waals surface area (Å²) in [6, 6.07) is 12.3. The van der Waals surface area contributed by atoms with Gasteiger partial charge in [-0.25, -0.2) is 0 Å². The maximum Gasteiger partial charge on any atom is 0.137 e. The Hall–Kier alpha value is -3.09. The van der Waals surface area contributed by atoms with Crippen LogP contribution in [-0.2, 0) is 10.2 Å². The first-order chi connectivity index (χ1) is 15.7. The van der Waals surface area contributed by atoms with Crippen molar-refractivity contribution in [2.24, 2.45) is 0 Å². The summed E-state index contributed by atoms with van der Waals surface area (Å²) < 4.78 is 16.9. The van der Waals surface area contributed by atoms with Crippen LogP contribution in [0.4, 0.5) is 0 Å². The first kappa shape index (κ1) is 27.9. The Morgan fingerprint density at radius 2 is 1.73 bits per heavy atom. The number of alkyl halides is 1. The van der Waals surface area contributed by atoms with E-state index in [1.54, 1.807) is 13.2 Å². The minimum absolute atomic E-state index is 0.245. The van der Waals surface area contributed by atoms with E-state index >= 15 is 0 Å². The predicted octanol–water partition coefficient (Wildman–Crippen LogP) is 7.55. The van der Waals surface area contributed by atoms with E-state index in [0.717, 1.165) is 39.3 Å². The fourth-order valence-electron chi connectivity index (χ4n) is 3.14. The molecule has 2 aromatic rings. The molecule has 0 aromatic heterocycles. The lowest BCUT2D eigenvalue weighted by Gasteiger charge is -2.28. The van der Waals surface area contributed by atoms with Gasteiger partial charge >= 0.3 is 0 Å². The molecule has 176 valence electrons. The van der Waals surface area contributed by atoms with Crippen molar-refractivity contribution in [1.82, 2.24) is 0 Å². The molecule has 0 aliphatic rings. The average Bonchev–Trinajstić information content (AvgIpc) is 2.81. The van der Waals surface area contributed by atoms with Gasteiger partial charge in [-0.15, -0.1) is 31.2 Å². The van der Waals surface area contributed by atoms with Crippen LogP contribution in [0.15, 0.2) is 73.7 Å². The van der Waals surface area contributed by atoms with E-state index in [-0.39, 0.29) is 5.41 Å². The molecule has 3 nitrogen and oxygen atoms in total. The van der Waals surface area contributed by atoms with Crippen molar-refractivity contribution < 1.29 is 14.2 Å². The third kappa shape index (κ3) is 8.08. The fraction of sp³-hybridized carbons (Fsp3) is 0.310. The van der Waals surface area contributed by atoms with E-state index in [9.17, 15) is 0 Å². The molecule has 0 atom stereocenters. The third-order valence-corrected chi connectivity index (χ3v) is 5.13. The zero-order valence-electron chi connectivity index (χ0n) is 20.5. The Morgan fingerprint density at radius 3 is 2.27 bits per heavy atom. The van der Waals surface area contributed by atoms with Crippen LogP contribution < -0.4 is 9.47 Å². The lowest BCUT2D eigenvalue weighted by atomic mass is 9.77. The minimum Gasteiger partial charge on any atom is -0.491 e. The van der Waals surface area contributed by atoms with Crippen molar-refractivity contribution in [3.8, 4) is 23.8 Å². The highest BCUT2D eigenvalue weighted by molar-refractivity contribution is 6.18. The molecule has 0 aliphatic heterocycles. The Balaban J connectivity index is 0.00000265. The molecule has 0 spiro atoms. The number of terminal acetylenes is 1. The normalized spacial score (nSPS) is 11.0. The maximum atomic E-state index is 5.85. The average molecular weight is 467 g/mol. The topological polar surface area (TPSA) is 27.7 Å². The number of allylic oxidation sites excluding steroid dienone is 1. The first-order valence-corrected chi connectivity index (χ1v) is 11.2. The lowest BCUT2D eigenvalue weighted by Crippen LogP contribution is -2.19. The van der Waals surface area contributed by atoms with Gasteiger partial charge in [0, 0.05) is 5.41 Å². The number of hydrogen-bond donors (Lipinski definition) is 0. The molecule has 0 N–H and O–H groups in total. The molecule has 2 aromatic carbocycles. The Kier molecular flexibility index (Phi) is 11.4. The van der Waals surface area contributed by atoms with E-state index < -0.39 is 0 Å². The summed E-state index contributed by atoms with van der Waals surface area (Å²) in [7, 11) is 0. The summed E-state index contributed by atoms with van der Waals surface area (Å²) in [5.41, 5.74) is 4.76. The molecule has 0 aliphatic carbocycles. The molecule has 0 saturated carbocycles. The molecule has 0 unspecified atom stereocenters. The first-order valence-electron chi connectivity index (χ1n) is 10.7. The molecule has 0 saturated heterocycles. The number of rotatable bonds is 10. The minimum atomic E-state index is -0.245. The van der Waals surface area contributed by atoms with E-state index in [2.05, 4.69) is 57.7 Å². The van der Waals surface area contributed by atoms with Crippen LogP contribution in [0.3, 0.4) is 0 Å². The maximum absolute atomic E-state index is 5.85. The summed E-state index contributed by atoms with van der Waals surface area (Å²) in [4.78, 5) is 0. The largest absolute Gasteiger partial charge is 0.491 e. The van der Waals surface area contributed by atoms with Gasteiger partial charge in [0.15, 0.2) is 0 Å². The van der Waals surface area contributed by atoms with Crippen molar-refractivity contribution in [1.29, 1.82) is 0 Å². The molecular weight excluding hydrogens is 432 g/mol. The summed E-state index contributed by atoms with van der Waals surface area (Å²) in [6.45, 7) is 20.7. The highest BCUT2D eigenvalue weighted by Crippen LogP contribution is 2.36. The van der Waals surface area contributed by atoms with E-state index in [0.29, 0.717) is 24.9 Å². The molecule has 0 fully saturated rings. The van der Waals surface area contributed by atoms with Crippen LogP contribution in [0, 0.1) is 19.3 Å². The second-order valence-electron chi connectivity index (χ2n) is 8.07. The number of aryl methyl sites for hydroxylation is 1.